The number of H-pyrrole nitrogens is 1. The minimum absolute atomic E-state index is 0.111. The van der Waals surface area contributed by atoms with Gasteiger partial charge in [0.05, 0.1) is 12.0 Å². The van der Waals surface area contributed by atoms with E-state index in [1.807, 2.05) is 30.5 Å². The number of hydrogen-bond donors (Lipinski definition) is 3. The van der Waals surface area contributed by atoms with Gasteiger partial charge in [-0.1, -0.05) is 12.1 Å². The van der Waals surface area contributed by atoms with Crippen LogP contribution in [-0.2, 0) is 6.42 Å². The van der Waals surface area contributed by atoms with Crippen LogP contribution in [-0.4, -0.2) is 34.0 Å². The van der Waals surface area contributed by atoms with Crippen molar-refractivity contribution in [3.8, 4) is 0 Å². The molecule has 3 aromatic rings. The number of rotatable bonds is 9. The van der Waals surface area contributed by atoms with Crippen LogP contribution in [0, 0.1) is 5.82 Å². The fourth-order valence-electron chi connectivity index (χ4n) is 3.10. The fourth-order valence-corrected chi connectivity index (χ4v) is 3.10. The van der Waals surface area contributed by atoms with Gasteiger partial charge in [0.2, 0.25) is 0 Å². The highest BCUT2D eigenvalue weighted by Gasteiger charge is 2.14. The molecule has 0 amide bonds. The maximum Gasteiger partial charge on any atom is 0.188 e. The highest BCUT2D eigenvalue weighted by molar-refractivity contribution is 5.77. The Labute approximate surface area is 164 Å². The van der Waals surface area contributed by atoms with Crippen molar-refractivity contribution in [3.63, 3.8) is 0 Å². The van der Waals surface area contributed by atoms with Crippen LogP contribution < -0.4 is 11.1 Å². The van der Waals surface area contributed by atoms with Crippen LogP contribution in [0.5, 0.6) is 0 Å². The number of hydrogen-bond acceptors (Lipinski definition) is 3. The Bertz CT molecular complexity index is 846. The zero-order chi connectivity index (χ0) is 19.6. The van der Waals surface area contributed by atoms with E-state index in [1.165, 1.54) is 12.1 Å². The van der Waals surface area contributed by atoms with Gasteiger partial charge in [-0.15, -0.1) is 0 Å². The van der Waals surface area contributed by atoms with E-state index in [9.17, 15) is 4.39 Å². The maximum absolute atomic E-state index is 13.3. The van der Waals surface area contributed by atoms with E-state index in [2.05, 4.69) is 25.3 Å². The molecule has 0 fully saturated rings. The van der Waals surface area contributed by atoms with Crippen molar-refractivity contribution in [1.82, 2.24) is 20.3 Å². The molecule has 0 radical (unpaired) electrons. The summed E-state index contributed by atoms with van der Waals surface area (Å²) in [6.45, 7) is 1.32. The van der Waals surface area contributed by atoms with Crippen molar-refractivity contribution in [2.75, 3.05) is 13.1 Å². The van der Waals surface area contributed by atoms with Crippen LogP contribution in [0.4, 0.5) is 4.39 Å². The SMILES string of the molecule is NC(=NCCC(c1ccncc1)c1ccc(F)cc1)NCCCc1c[nH]cn1. The lowest BCUT2D eigenvalue weighted by Gasteiger charge is -2.17. The first-order chi connectivity index (χ1) is 13.7. The standard InChI is InChI=1S/C21H25FN6/c22-18-5-3-16(4-6-18)20(17-7-11-24-12-8-17)9-13-27-21(23)26-10-1-2-19-14-25-15-28-19/h3-8,11-12,14-15,20H,1-2,9-10,13H2,(H,25,28)(H3,23,26,27). The quantitative estimate of drug-likeness (QED) is 0.302. The molecule has 2 aromatic heterocycles. The molecular formula is C21H25FN6. The number of benzene rings is 1. The molecule has 28 heavy (non-hydrogen) atoms. The second kappa shape index (κ2) is 10.2. The van der Waals surface area contributed by atoms with E-state index >= 15 is 0 Å². The van der Waals surface area contributed by atoms with E-state index in [1.54, 1.807) is 18.7 Å². The monoisotopic (exact) mass is 380 g/mol. The predicted octanol–water partition coefficient (Wildman–Crippen LogP) is 3.00. The van der Waals surface area contributed by atoms with Gasteiger partial charge in [0.1, 0.15) is 5.82 Å². The second-order valence-electron chi connectivity index (χ2n) is 6.53. The third-order valence-corrected chi connectivity index (χ3v) is 4.55. The Hall–Kier alpha value is -3.22. The van der Waals surface area contributed by atoms with Crippen LogP contribution in [0.25, 0.3) is 0 Å². The molecule has 0 spiro atoms. The van der Waals surface area contributed by atoms with Gasteiger partial charge >= 0.3 is 0 Å². The molecule has 3 rings (SSSR count). The Morgan fingerprint density at radius 3 is 2.61 bits per heavy atom. The summed E-state index contributed by atoms with van der Waals surface area (Å²) in [5.74, 6) is 0.313. The molecule has 146 valence electrons. The van der Waals surface area contributed by atoms with Crippen LogP contribution in [0.3, 0.4) is 0 Å². The number of pyridine rings is 1. The number of aromatic amines is 1. The summed E-state index contributed by atoms with van der Waals surface area (Å²) in [4.78, 5) is 15.7. The lowest BCUT2D eigenvalue weighted by atomic mass is 9.89. The molecule has 1 aromatic carbocycles. The molecule has 0 aliphatic carbocycles. The van der Waals surface area contributed by atoms with Gasteiger partial charge in [0.25, 0.3) is 0 Å². The number of aryl methyl sites for hydroxylation is 1. The summed E-state index contributed by atoms with van der Waals surface area (Å²) in [5, 5.41) is 3.14. The lowest BCUT2D eigenvalue weighted by molar-refractivity contribution is 0.625. The summed E-state index contributed by atoms with van der Waals surface area (Å²) in [6, 6.07) is 10.6. The largest absolute Gasteiger partial charge is 0.370 e. The van der Waals surface area contributed by atoms with Crippen molar-refractivity contribution in [3.05, 3.63) is 84.0 Å². The summed E-state index contributed by atoms with van der Waals surface area (Å²) in [5.41, 5.74) is 9.19. The molecule has 0 bridgehead atoms. The number of halogens is 1. The van der Waals surface area contributed by atoms with Gasteiger partial charge < -0.3 is 16.0 Å². The van der Waals surface area contributed by atoms with Crippen molar-refractivity contribution >= 4 is 5.96 Å². The number of nitrogens with zero attached hydrogens (tertiary/aromatic N) is 3. The molecule has 2 heterocycles. The number of aliphatic imine (C=N–C) groups is 1. The van der Waals surface area contributed by atoms with Crippen LogP contribution >= 0.6 is 0 Å². The van der Waals surface area contributed by atoms with Gasteiger partial charge in [-0.25, -0.2) is 9.37 Å². The highest BCUT2D eigenvalue weighted by Crippen LogP contribution is 2.27. The van der Waals surface area contributed by atoms with Crippen molar-refractivity contribution in [1.29, 1.82) is 0 Å². The molecule has 0 saturated carbocycles. The topological polar surface area (TPSA) is 92.0 Å². The first-order valence-electron chi connectivity index (χ1n) is 9.39. The minimum atomic E-state index is -0.237. The molecule has 0 aliphatic rings. The molecular weight excluding hydrogens is 355 g/mol. The molecule has 0 saturated heterocycles. The normalized spacial score (nSPS) is 12.7. The number of imidazole rings is 1. The van der Waals surface area contributed by atoms with E-state index in [0.29, 0.717) is 12.5 Å². The van der Waals surface area contributed by atoms with Gasteiger partial charge in [0.15, 0.2) is 5.96 Å². The number of aromatic nitrogens is 3. The van der Waals surface area contributed by atoms with Crippen LogP contribution in [0.1, 0.15) is 35.6 Å². The minimum Gasteiger partial charge on any atom is -0.370 e. The second-order valence-corrected chi connectivity index (χ2v) is 6.53. The summed E-state index contributed by atoms with van der Waals surface area (Å²) in [6.07, 6.45) is 9.69. The zero-order valence-corrected chi connectivity index (χ0v) is 15.7. The number of guanidine groups is 1. The Kier molecular flexibility index (Phi) is 7.12. The predicted molar refractivity (Wildman–Crippen MR) is 108 cm³/mol. The van der Waals surface area contributed by atoms with Crippen molar-refractivity contribution in [2.45, 2.75) is 25.2 Å². The molecule has 1 unspecified atom stereocenters. The fraction of sp³-hybridized carbons (Fsp3) is 0.286. The molecule has 6 nitrogen and oxygen atoms in total. The molecule has 4 N–H and O–H groups in total. The first-order valence-corrected chi connectivity index (χ1v) is 9.39. The zero-order valence-electron chi connectivity index (χ0n) is 15.7. The number of nitrogens with one attached hydrogen (secondary N) is 2. The smallest absolute Gasteiger partial charge is 0.188 e. The third-order valence-electron chi connectivity index (χ3n) is 4.55. The van der Waals surface area contributed by atoms with Crippen LogP contribution in [0.2, 0.25) is 0 Å². The van der Waals surface area contributed by atoms with E-state index < -0.39 is 0 Å². The van der Waals surface area contributed by atoms with E-state index in [0.717, 1.165) is 42.6 Å². The average Bonchev–Trinajstić information content (AvgIpc) is 3.24. The average molecular weight is 380 g/mol. The number of nitrogens with two attached hydrogens (primary N) is 1. The van der Waals surface area contributed by atoms with Gasteiger partial charge in [-0.05, 0) is 54.7 Å². The summed E-state index contributed by atoms with van der Waals surface area (Å²) < 4.78 is 13.3. The van der Waals surface area contributed by atoms with E-state index in [4.69, 9.17) is 5.73 Å². The van der Waals surface area contributed by atoms with Gasteiger partial charge in [0, 0.05) is 37.6 Å². The van der Waals surface area contributed by atoms with Crippen molar-refractivity contribution < 1.29 is 4.39 Å². The Morgan fingerprint density at radius 2 is 1.89 bits per heavy atom. The van der Waals surface area contributed by atoms with E-state index in [-0.39, 0.29) is 11.7 Å². The lowest BCUT2D eigenvalue weighted by Crippen LogP contribution is -2.32. The molecule has 0 aliphatic heterocycles. The Balaban J connectivity index is 1.52. The first kappa shape index (κ1) is 19.5. The molecule has 1 atom stereocenters. The third kappa shape index (κ3) is 5.90. The van der Waals surface area contributed by atoms with Crippen molar-refractivity contribution in [2.24, 2.45) is 10.7 Å². The highest BCUT2D eigenvalue weighted by atomic mass is 19.1. The summed E-state index contributed by atoms with van der Waals surface area (Å²) >= 11 is 0. The molecule has 7 heteroatoms. The van der Waals surface area contributed by atoms with Crippen LogP contribution in [0.15, 0.2) is 66.3 Å². The van der Waals surface area contributed by atoms with Gasteiger partial charge in [-0.3, -0.25) is 9.98 Å². The van der Waals surface area contributed by atoms with Gasteiger partial charge in [-0.2, -0.15) is 0 Å². The Morgan fingerprint density at radius 1 is 1.14 bits per heavy atom. The maximum atomic E-state index is 13.3. The summed E-state index contributed by atoms with van der Waals surface area (Å²) in [7, 11) is 0.